The molecule has 0 spiro atoms. The molecule has 1 nitrogen and oxygen atoms in total. The van der Waals surface area contributed by atoms with Gasteiger partial charge < -0.3 is 5.73 Å². The minimum absolute atomic E-state index is 0.402. The van der Waals surface area contributed by atoms with Crippen molar-refractivity contribution in [2.75, 3.05) is 0 Å². The van der Waals surface area contributed by atoms with E-state index in [1.807, 2.05) is 0 Å². The van der Waals surface area contributed by atoms with Crippen molar-refractivity contribution in [1.29, 1.82) is 0 Å². The summed E-state index contributed by atoms with van der Waals surface area (Å²) in [7, 11) is 0. The molecule has 0 saturated heterocycles. The molecule has 0 heterocycles. The van der Waals surface area contributed by atoms with E-state index in [1.54, 1.807) is 5.57 Å². The lowest BCUT2D eigenvalue weighted by Gasteiger charge is -2.63. The lowest BCUT2D eigenvalue weighted by molar-refractivity contribution is -0.108. The van der Waals surface area contributed by atoms with Gasteiger partial charge in [0.2, 0.25) is 0 Å². The van der Waals surface area contributed by atoms with Crippen LogP contribution in [0.5, 0.6) is 0 Å². The van der Waals surface area contributed by atoms with Crippen LogP contribution in [0.25, 0.3) is 0 Å². The van der Waals surface area contributed by atoms with E-state index in [0.717, 1.165) is 36.0 Å². The van der Waals surface area contributed by atoms with Gasteiger partial charge >= 0.3 is 0 Å². The highest BCUT2D eigenvalue weighted by Crippen LogP contribution is 2.71. The smallest absolute Gasteiger partial charge is 0.00766 e. The predicted octanol–water partition coefficient (Wildman–Crippen LogP) is 8.16. The first kappa shape index (κ1) is 23.6. The van der Waals surface area contributed by atoms with Crippen molar-refractivity contribution in [1.82, 2.24) is 0 Å². The van der Waals surface area contributed by atoms with Gasteiger partial charge in [-0.2, -0.15) is 0 Å². The molecular formula is C30H51N. The summed E-state index contributed by atoms with van der Waals surface area (Å²) in [5.74, 6) is 4.80. The number of hydrogen-bond donors (Lipinski definition) is 1. The van der Waals surface area contributed by atoms with Crippen LogP contribution in [0.2, 0.25) is 0 Å². The summed E-state index contributed by atoms with van der Waals surface area (Å²) < 4.78 is 0. The Labute approximate surface area is 193 Å². The molecule has 2 N–H and O–H groups in total. The van der Waals surface area contributed by atoms with Crippen LogP contribution in [0.1, 0.15) is 106 Å². The number of rotatable bonds is 5. The van der Waals surface area contributed by atoms with Gasteiger partial charge in [0.1, 0.15) is 0 Å². The Morgan fingerprint density at radius 2 is 1.71 bits per heavy atom. The van der Waals surface area contributed by atoms with Crippen molar-refractivity contribution in [2.45, 2.75) is 112 Å². The van der Waals surface area contributed by atoms with Gasteiger partial charge in [0.05, 0.1) is 0 Å². The van der Waals surface area contributed by atoms with E-state index in [1.165, 1.54) is 51.4 Å². The second-order valence-electron chi connectivity index (χ2n) is 13.3. The molecule has 0 bridgehead atoms. The summed E-state index contributed by atoms with van der Waals surface area (Å²) in [6.45, 7) is 17.6. The van der Waals surface area contributed by atoms with Gasteiger partial charge in [-0.25, -0.2) is 0 Å². The van der Waals surface area contributed by atoms with Gasteiger partial charge in [-0.15, -0.1) is 0 Å². The van der Waals surface area contributed by atoms with Crippen molar-refractivity contribution in [3.05, 3.63) is 23.8 Å². The Morgan fingerprint density at radius 1 is 0.968 bits per heavy atom. The van der Waals surface area contributed by atoms with Crippen molar-refractivity contribution < 1.29 is 0 Å². The molecule has 0 aromatic carbocycles. The summed E-state index contributed by atoms with van der Waals surface area (Å²) >= 11 is 0. The van der Waals surface area contributed by atoms with Crippen molar-refractivity contribution in [3.8, 4) is 0 Å². The first-order valence-electron chi connectivity index (χ1n) is 13.7. The zero-order chi connectivity index (χ0) is 22.6. The summed E-state index contributed by atoms with van der Waals surface area (Å²) in [5, 5.41) is 0. The summed E-state index contributed by atoms with van der Waals surface area (Å²) in [5.41, 5.74) is 9.53. The second-order valence-corrected chi connectivity index (χ2v) is 13.3. The fourth-order valence-electron chi connectivity index (χ4n) is 9.53. The highest BCUT2D eigenvalue weighted by atomic mass is 14.7. The molecule has 3 saturated carbocycles. The largest absolute Gasteiger partial charge is 0.327 e. The predicted molar refractivity (Wildman–Crippen MR) is 135 cm³/mol. The number of hydrogen-bond acceptors (Lipinski definition) is 1. The number of allylic oxidation sites excluding steroid dienone is 3. The lowest BCUT2D eigenvalue weighted by atomic mass is 9.41. The second kappa shape index (κ2) is 8.34. The molecule has 9 unspecified atom stereocenters. The zero-order valence-corrected chi connectivity index (χ0v) is 21.7. The van der Waals surface area contributed by atoms with E-state index in [2.05, 4.69) is 66.7 Å². The van der Waals surface area contributed by atoms with Crippen molar-refractivity contribution >= 4 is 0 Å². The van der Waals surface area contributed by atoms with Crippen LogP contribution in [-0.4, -0.2) is 6.04 Å². The molecular weight excluding hydrogens is 374 g/mol. The Hall–Kier alpha value is -0.560. The molecule has 0 radical (unpaired) electrons. The van der Waals surface area contributed by atoms with Gasteiger partial charge in [0.25, 0.3) is 0 Å². The number of fused-ring (bicyclic) bond motifs is 5. The Morgan fingerprint density at radius 3 is 2.39 bits per heavy atom. The van der Waals surface area contributed by atoms with Crippen LogP contribution in [0.3, 0.4) is 0 Å². The highest BCUT2D eigenvalue weighted by Gasteiger charge is 2.63. The molecule has 176 valence electrons. The molecule has 0 amide bonds. The van der Waals surface area contributed by atoms with Gasteiger partial charge in [-0.1, -0.05) is 72.3 Å². The maximum absolute atomic E-state index is 6.39. The van der Waals surface area contributed by atoms with E-state index in [9.17, 15) is 0 Å². The topological polar surface area (TPSA) is 26.0 Å². The number of nitrogens with two attached hydrogens (primary N) is 1. The fourth-order valence-corrected chi connectivity index (χ4v) is 9.53. The van der Waals surface area contributed by atoms with Crippen LogP contribution in [-0.2, 0) is 0 Å². The lowest BCUT2D eigenvalue weighted by Crippen LogP contribution is -2.56. The molecule has 9 atom stereocenters. The van der Waals surface area contributed by atoms with E-state index >= 15 is 0 Å². The molecule has 3 fully saturated rings. The fraction of sp³-hybridized carbons (Fsp3) is 0.867. The molecule has 1 heteroatoms. The maximum atomic E-state index is 6.39. The summed E-state index contributed by atoms with van der Waals surface area (Å²) in [6, 6.07) is 0.402. The highest BCUT2D eigenvalue weighted by molar-refractivity contribution is 5.28. The third kappa shape index (κ3) is 3.70. The Bertz CT molecular complexity index is 718. The van der Waals surface area contributed by atoms with Gasteiger partial charge in [0.15, 0.2) is 0 Å². The Balaban J connectivity index is 1.57. The standard InChI is InChI=1S/C30H51N/c1-8-22(20(2)3)10-9-21(4)25-11-12-26-29(25,6)18-15-27-28(5)17-14-24(31)19-23(28)13-16-30(26,27)7/h9-10,13,20-22,24-27H,8,11-12,14-19,31H2,1-7H3/b10-9+. The Kier molecular flexibility index (Phi) is 6.35. The normalized spacial score (nSPS) is 46.9. The summed E-state index contributed by atoms with van der Waals surface area (Å²) in [4.78, 5) is 0. The quantitative estimate of drug-likeness (QED) is 0.442. The minimum atomic E-state index is 0.402. The van der Waals surface area contributed by atoms with Crippen LogP contribution in [0, 0.1) is 51.8 Å². The summed E-state index contributed by atoms with van der Waals surface area (Å²) in [6.07, 6.45) is 19.9. The molecule has 4 rings (SSSR count). The van der Waals surface area contributed by atoms with Crippen molar-refractivity contribution in [2.24, 2.45) is 57.5 Å². The van der Waals surface area contributed by atoms with E-state index in [0.29, 0.717) is 28.2 Å². The third-order valence-electron chi connectivity index (χ3n) is 11.4. The van der Waals surface area contributed by atoms with Gasteiger partial charge in [0, 0.05) is 6.04 Å². The monoisotopic (exact) mass is 425 g/mol. The molecule has 0 aromatic rings. The van der Waals surface area contributed by atoms with E-state index in [-0.39, 0.29) is 0 Å². The molecule has 0 aromatic heterocycles. The van der Waals surface area contributed by atoms with Crippen LogP contribution in [0.15, 0.2) is 23.8 Å². The first-order chi connectivity index (χ1) is 14.6. The van der Waals surface area contributed by atoms with Gasteiger partial charge in [-0.3, -0.25) is 0 Å². The molecule has 4 aliphatic rings. The zero-order valence-electron chi connectivity index (χ0n) is 21.7. The molecule has 31 heavy (non-hydrogen) atoms. The van der Waals surface area contributed by atoms with Crippen LogP contribution < -0.4 is 5.73 Å². The maximum Gasteiger partial charge on any atom is 0.00766 e. The average Bonchev–Trinajstić information content (AvgIpc) is 3.07. The van der Waals surface area contributed by atoms with Crippen LogP contribution >= 0.6 is 0 Å². The third-order valence-corrected chi connectivity index (χ3v) is 11.4. The van der Waals surface area contributed by atoms with E-state index < -0.39 is 0 Å². The SMILES string of the molecule is CCC(/C=C/C(C)C1CCC2C1(C)CCC1C3(C)CCC(N)CC3=CCC12C)C(C)C. The average molecular weight is 426 g/mol. The minimum Gasteiger partial charge on any atom is -0.327 e. The molecule has 0 aliphatic heterocycles. The van der Waals surface area contributed by atoms with E-state index in [4.69, 9.17) is 5.73 Å². The van der Waals surface area contributed by atoms with Crippen LogP contribution in [0.4, 0.5) is 0 Å². The van der Waals surface area contributed by atoms with Crippen molar-refractivity contribution in [3.63, 3.8) is 0 Å². The first-order valence-corrected chi connectivity index (χ1v) is 13.7. The molecule has 4 aliphatic carbocycles. The van der Waals surface area contributed by atoms with Gasteiger partial charge in [-0.05, 0) is 110 Å².